The number of rotatable bonds is 10. The van der Waals surface area contributed by atoms with Crippen molar-refractivity contribution in [1.82, 2.24) is 15.2 Å². The summed E-state index contributed by atoms with van der Waals surface area (Å²) in [5.74, 6) is 1.71. The lowest BCUT2D eigenvalue weighted by Gasteiger charge is -2.15. The molecule has 0 aliphatic heterocycles. The second-order valence-electron chi connectivity index (χ2n) is 6.54. The number of aliphatic imine (C=N–C) groups is 1. The molecule has 2 N–H and O–H groups in total. The second kappa shape index (κ2) is 11.3. The highest BCUT2D eigenvalue weighted by atomic mass is 16.5. The number of nitrogens with one attached hydrogen (secondary N) is 2. The van der Waals surface area contributed by atoms with Gasteiger partial charge in [-0.1, -0.05) is 12.1 Å². The van der Waals surface area contributed by atoms with Gasteiger partial charge in [-0.25, -0.2) is 4.99 Å². The average molecular weight is 373 g/mol. The zero-order valence-electron chi connectivity index (χ0n) is 16.9. The van der Waals surface area contributed by atoms with Crippen molar-refractivity contribution in [3.05, 3.63) is 53.3 Å². The summed E-state index contributed by atoms with van der Waals surface area (Å²) in [5.41, 5.74) is 3.49. The lowest BCUT2D eigenvalue weighted by atomic mass is 10.1. The number of aryl methyl sites for hydroxylation is 2. The van der Waals surface area contributed by atoms with E-state index in [0.717, 1.165) is 30.2 Å². The lowest BCUT2D eigenvalue weighted by Crippen LogP contribution is -2.36. The number of hydrogen-bond acceptors (Lipinski definition) is 3. The maximum atomic E-state index is 5.96. The van der Waals surface area contributed by atoms with E-state index in [0.29, 0.717) is 26.3 Å². The molecule has 0 amide bonds. The Bertz CT molecular complexity index is 725. The zero-order valence-corrected chi connectivity index (χ0v) is 16.9. The normalized spacial score (nSPS) is 11.5. The van der Waals surface area contributed by atoms with Crippen molar-refractivity contribution >= 4 is 5.96 Å². The molecule has 0 aliphatic rings. The van der Waals surface area contributed by atoms with Crippen LogP contribution in [-0.2, 0) is 24.9 Å². The van der Waals surface area contributed by atoms with Gasteiger partial charge in [0.25, 0.3) is 0 Å². The second-order valence-corrected chi connectivity index (χ2v) is 6.54. The van der Waals surface area contributed by atoms with Crippen LogP contribution in [0.3, 0.4) is 0 Å². The van der Waals surface area contributed by atoms with Gasteiger partial charge in [0.2, 0.25) is 0 Å². The van der Waals surface area contributed by atoms with Crippen LogP contribution in [0.4, 0.5) is 0 Å². The third-order valence-corrected chi connectivity index (χ3v) is 4.08. The van der Waals surface area contributed by atoms with Crippen LogP contribution in [0.25, 0.3) is 0 Å². The number of ether oxygens (including phenoxy) is 2. The van der Waals surface area contributed by atoms with E-state index in [1.54, 1.807) is 7.11 Å². The van der Waals surface area contributed by atoms with E-state index in [1.165, 1.54) is 11.1 Å². The molecule has 0 spiro atoms. The van der Waals surface area contributed by atoms with Crippen molar-refractivity contribution in [3.8, 4) is 5.75 Å². The van der Waals surface area contributed by atoms with E-state index in [9.17, 15) is 0 Å². The van der Waals surface area contributed by atoms with Gasteiger partial charge in [-0.15, -0.1) is 0 Å². The van der Waals surface area contributed by atoms with Crippen LogP contribution in [0.1, 0.15) is 30.0 Å². The number of methoxy groups -OCH3 is 1. The van der Waals surface area contributed by atoms with Crippen LogP contribution in [0.2, 0.25) is 0 Å². The van der Waals surface area contributed by atoms with E-state index >= 15 is 0 Å². The van der Waals surface area contributed by atoms with Crippen molar-refractivity contribution in [2.75, 3.05) is 26.9 Å². The summed E-state index contributed by atoms with van der Waals surface area (Å²) in [6.45, 7) is 7.60. The van der Waals surface area contributed by atoms with Gasteiger partial charge in [0.05, 0.1) is 13.2 Å². The molecular weight excluding hydrogens is 340 g/mol. The molecule has 2 rings (SSSR count). The fraction of sp³-hybridized carbons (Fsp3) is 0.476. The third-order valence-electron chi connectivity index (χ3n) is 4.08. The summed E-state index contributed by atoms with van der Waals surface area (Å²) in [6.07, 6.45) is 4.99. The predicted octanol–water partition coefficient (Wildman–Crippen LogP) is 3.00. The molecular formula is C21H32N4O2. The summed E-state index contributed by atoms with van der Waals surface area (Å²) < 4.78 is 13.1. The Morgan fingerprint density at radius 3 is 2.74 bits per heavy atom. The predicted molar refractivity (Wildman–Crippen MR) is 110 cm³/mol. The lowest BCUT2D eigenvalue weighted by molar-refractivity contribution is 0.172. The first-order valence-corrected chi connectivity index (χ1v) is 9.46. The molecule has 0 saturated carbocycles. The van der Waals surface area contributed by atoms with Crippen LogP contribution in [0.5, 0.6) is 5.75 Å². The maximum Gasteiger partial charge on any atom is 0.191 e. The molecule has 0 aliphatic carbocycles. The zero-order chi connectivity index (χ0) is 19.5. The Morgan fingerprint density at radius 1 is 1.19 bits per heavy atom. The van der Waals surface area contributed by atoms with E-state index < -0.39 is 0 Å². The van der Waals surface area contributed by atoms with Crippen molar-refractivity contribution in [2.24, 2.45) is 12.0 Å². The highest BCUT2D eigenvalue weighted by molar-refractivity contribution is 5.79. The van der Waals surface area contributed by atoms with Crippen LogP contribution >= 0.6 is 0 Å². The SMILES string of the molecule is CCNC(=NCc1ccn(C)c1)NCc1ccc(C)cc1OCCCOC. The molecule has 0 bridgehead atoms. The van der Waals surface area contributed by atoms with Crippen molar-refractivity contribution in [2.45, 2.75) is 33.4 Å². The number of benzene rings is 1. The standard InChI is InChI=1S/C21H32N4O2/c1-5-22-21(23-14-18-9-10-25(3)16-18)24-15-19-8-7-17(2)13-20(19)27-12-6-11-26-4/h7-10,13,16H,5-6,11-12,14-15H2,1-4H3,(H2,22,23,24). The highest BCUT2D eigenvalue weighted by Gasteiger charge is 2.06. The van der Waals surface area contributed by atoms with E-state index in [4.69, 9.17) is 9.47 Å². The molecule has 27 heavy (non-hydrogen) atoms. The quantitative estimate of drug-likeness (QED) is 0.382. The Balaban J connectivity index is 1.98. The summed E-state index contributed by atoms with van der Waals surface area (Å²) >= 11 is 0. The van der Waals surface area contributed by atoms with Crippen molar-refractivity contribution < 1.29 is 9.47 Å². The van der Waals surface area contributed by atoms with Crippen molar-refractivity contribution in [3.63, 3.8) is 0 Å². The summed E-state index contributed by atoms with van der Waals surface area (Å²) in [7, 11) is 3.72. The van der Waals surface area contributed by atoms with Gasteiger partial charge in [0, 0.05) is 58.2 Å². The minimum absolute atomic E-state index is 0.643. The maximum absolute atomic E-state index is 5.96. The minimum atomic E-state index is 0.643. The van der Waals surface area contributed by atoms with Gasteiger partial charge in [-0.3, -0.25) is 0 Å². The number of nitrogens with zero attached hydrogens (tertiary/aromatic N) is 2. The molecule has 0 atom stereocenters. The van der Waals surface area contributed by atoms with E-state index in [-0.39, 0.29) is 0 Å². The largest absolute Gasteiger partial charge is 0.493 e. The average Bonchev–Trinajstić information content (AvgIpc) is 3.07. The Morgan fingerprint density at radius 2 is 2.04 bits per heavy atom. The number of aromatic nitrogens is 1. The molecule has 1 aromatic carbocycles. The van der Waals surface area contributed by atoms with Crippen LogP contribution < -0.4 is 15.4 Å². The van der Waals surface area contributed by atoms with Gasteiger partial charge < -0.3 is 24.7 Å². The highest BCUT2D eigenvalue weighted by Crippen LogP contribution is 2.20. The van der Waals surface area contributed by atoms with E-state index in [2.05, 4.69) is 59.9 Å². The fourth-order valence-electron chi connectivity index (χ4n) is 2.67. The van der Waals surface area contributed by atoms with Gasteiger partial charge in [-0.2, -0.15) is 0 Å². The Labute approximate surface area is 162 Å². The molecule has 6 nitrogen and oxygen atoms in total. The monoisotopic (exact) mass is 372 g/mol. The smallest absolute Gasteiger partial charge is 0.191 e. The van der Waals surface area contributed by atoms with Crippen LogP contribution in [0, 0.1) is 6.92 Å². The molecule has 1 aromatic heterocycles. The number of guanidine groups is 1. The Hall–Kier alpha value is -2.47. The van der Waals surface area contributed by atoms with Gasteiger partial charge in [0.15, 0.2) is 5.96 Å². The molecule has 0 unspecified atom stereocenters. The first-order valence-electron chi connectivity index (χ1n) is 9.46. The third kappa shape index (κ3) is 7.35. The molecule has 6 heteroatoms. The molecule has 0 saturated heterocycles. The van der Waals surface area contributed by atoms with Crippen LogP contribution in [-0.4, -0.2) is 37.4 Å². The Kier molecular flexibility index (Phi) is 8.71. The topological polar surface area (TPSA) is 59.8 Å². The number of hydrogen-bond donors (Lipinski definition) is 2. The van der Waals surface area contributed by atoms with Crippen molar-refractivity contribution in [1.29, 1.82) is 0 Å². The van der Waals surface area contributed by atoms with Crippen LogP contribution in [0.15, 0.2) is 41.7 Å². The molecule has 0 fully saturated rings. The fourth-order valence-corrected chi connectivity index (χ4v) is 2.67. The first kappa shape index (κ1) is 20.8. The van der Waals surface area contributed by atoms with E-state index in [1.807, 2.05) is 17.8 Å². The molecule has 148 valence electrons. The first-order chi connectivity index (χ1) is 13.1. The molecule has 1 heterocycles. The van der Waals surface area contributed by atoms with Gasteiger partial charge in [0.1, 0.15) is 5.75 Å². The van der Waals surface area contributed by atoms with Gasteiger partial charge in [-0.05, 0) is 37.1 Å². The van der Waals surface area contributed by atoms with Gasteiger partial charge >= 0.3 is 0 Å². The molecule has 0 radical (unpaired) electrons. The minimum Gasteiger partial charge on any atom is -0.493 e. The summed E-state index contributed by atoms with van der Waals surface area (Å²) in [6, 6.07) is 8.37. The summed E-state index contributed by atoms with van der Waals surface area (Å²) in [4.78, 5) is 4.67. The molecule has 2 aromatic rings. The summed E-state index contributed by atoms with van der Waals surface area (Å²) in [5, 5.41) is 6.70.